The van der Waals surface area contributed by atoms with E-state index in [-0.39, 0.29) is 11.7 Å². The Bertz CT molecular complexity index is 402. The number of ether oxygens (including phenoxy) is 1. The van der Waals surface area contributed by atoms with Gasteiger partial charge in [-0.25, -0.2) is 8.42 Å². The van der Waals surface area contributed by atoms with E-state index in [4.69, 9.17) is 15.4 Å². The first-order valence-corrected chi connectivity index (χ1v) is 7.59. The van der Waals surface area contributed by atoms with Crippen LogP contribution in [0.4, 0.5) is 0 Å². The van der Waals surface area contributed by atoms with Crippen LogP contribution in [0.2, 0.25) is 0 Å². The highest BCUT2D eigenvalue weighted by Gasteiger charge is 2.16. The van der Waals surface area contributed by atoms with Crippen LogP contribution in [0.3, 0.4) is 0 Å². The maximum absolute atomic E-state index is 10.9. The summed E-state index contributed by atoms with van der Waals surface area (Å²) in [6.45, 7) is 2.29. The van der Waals surface area contributed by atoms with Crippen LogP contribution in [-0.4, -0.2) is 20.8 Å². The highest BCUT2D eigenvalue weighted by atomic mass is 35.7. The SMILES string of the molecule is CCC(COc1ccccc1)CS(=O)(=O)Cl. The number of rotatable bonds is 6. The molecule has 0 radical (unpaired) electrons. The third kappa shape index (κ3) is 5.37. The van der Waals surface area contributed by atoms with E-state index < -0.39 is 9.05 Å². The highest BCUT2D eigenvalue weighted by molar-refractivity contribution is 8.13. The summed E-state index contributed by atoms with van der Waals surface area (Å²) >= 11 is 0. The van der Waals surface area contributed by atoms with Gasteiger partial charge in [0, 0.05) is 16.6 Å². The molecule has 0 aromatic heterocycles. The van der Waals surface area contributed by atoms with Crippen LogP contribution in [0, 0.1) is 5.92 Å². The van der Waals surface area contributed by atoms with E-state index >= 15 is 0 Å². The fourth-order valence-electron chi connectivity index (χ4n) is 1.30. The van der Waals surface area contributed by atoms with E-state index in [1.807, 2.05) is 37.3 Å². The molecule has 90 valence electrons. The van der Waals surface area contributed by atoms with Gasteiger partial charge in [0.1, 0.15) is 5.75 Å². The normalized spacial score (nSPS) is 13.4. The number of hydrogen-bond acceptors (Lipinski definition) is 3. The van der Waals surface area contributed by atoms with Crippen LogP contribution in [0.5, 0.6) is 5.75 Å². The Kier molecular flexibility index (Phi) is 5.09. The third-order valence-corrected chi connectivity index (χ3v) is 3.49. The van der Waals surface area contributed by atoms with Gasteiger partial charge in [0.2, 0.25) is 9.05 Å². The molecule has 0 aliphatic rings. The second-order valence-electron chi connectivity index (χ2n) is 3.60. The molecule has 1 aromatic rings. The summed E-state index contributed by atoms with van der Waals surface area (Å²) in [6.07, 6.45) is 0.721. The second-order valence-corrected chi connectivity index (χ2v) is 6.43. The van der Waals surface area contributed by atoms with Crippen LogP contribution < -0.4 is 4.74 Å². The van der Waals surface area contributed by atoms with Crippen LogP contribution in [0.15, 0.2) is 30.3 Å². The fourth-order valence-corrected chi connectivity index (χ4v) is 2.73. The van der Waals surface area contributed by atoms with Crippen molar-refractivity contribution in [1.29, 1.82) is 0 Å². The van der Waals surface area contributed by atoms with Gasteiger partial charge in [0.15, 0.2) is 0 Å². The zero-order chi connectivity index (χ0) is 12.0. The molecule has 0 bridgehead atoms. The highest BCUT2D eigenvalue weighted by Crippen LogP contribution is 2.14. The molecular formula is C11H15ClO3S. The molecule has 16 heavy (non-hydrogen) atoms. The minimum Gasteiger partial charge on any atom is -0.493 e. The lowest BCUT2D eigenvalue weighted by Gasteiger charge is -2.14. The molecule has 0 aliphatic heterocycles. The van der Waals surface area contributed by atoms with Gasteiger partial charge in [0.25, 0.3) is 0 Å². The summed E-state index contributed by atoms with van der Waals surface area (Å²) in [5, 5.41) is 0. The lowest BCUT2D eigenvalue weighted by Crippen LogP contribution is -2.18. The van der Waals surface area contributed by atoms with Gasteiger partial charge in [-0.1, -0.05) is 25.1 Å². The van der Waals surface area contributed by atoms with Crippen molar-refractivity contribution in [1.82, 2.24) is 0 Å². The second kappa shape index (κ2) is 6.11. The van der Waals surface area contributed by atoms with Gasteiger partial charge in [-0.15, -0.1) is 0 Å². The standard InChI is InChI=1S/C11H15ClO3S/c1-2-10(9-16(12,13)14)8-15-11-6-4-3-5-7-11/h3-7,10H,2,8-9H2,1H3. The van der Waals surface area contributed by atoms with Crippen molar-refractivity contribution in [2.45, 2.75) is 13.3 Å². The van der Waals surface area contributed by atoms with Crippen LogP contribution in [-0.2, 0) is 9.05 Å². The van der Waals surface area contributed by atoms with Crippen molar-refractivity contribution in [3.63, 3.8) is 0 Å². The minimum atomic E-state index is -3.45. The van der Waals surface area contributed by atoms with Crippen LogP contribution in [0.25, 0.3) is 0 Å². The van der Waals surface area contributed by atoms with Gasteiger partial charge in [-0.2, -0.15) is 0 Å². The van der Waals surface area contributed by atoms with E-state index in [2.05, 4.69) is 0 Å². The molecule has 0 fully saturated rings. The minimum absolute atomic E-state index is 0.0438. The van der Waals surface area contributed by atoms with Crippen molar-refractivity contribution in [2.75, 3.05) is 12.4 Å². The van der Waals surface area contributed by atoms with Gasteiger partial charge >= 0.3 is 0 Å². The summed E-state index contributed by atoms with van der Waals surface area (Å²) in [5.74, 6) is 0.633. The lowest BCUT2D eigenvalue weighted by atomic mass is 10.1. The summed E-state index contributed by atoms with van der Waals surface area (Å²) in [6, 6.07) is 9.31. The average molecular weight is 263 g/mol. The molecule has 0 saturated heterocycles. The molecule has 0 heterocycles. The molecule has 5 heteroatoms. The molecule has 0 saturated carbocycles. The van der Waals surface area contributed by atoms with Gasteiger partial charge in [-0.3, -0.25) is 0 Å². The summed E-state index contributed by atoms with van der Waals surface area (Å²) in [7, 11) is 1.76. The largest absolute Gasteiger partial charge is 0.493 e. The maximum Gasteiger partial charge on any atom is 0.232 e. The summed E-state index contributed by atoms with van der Waals surface area (Å²) < 4.78 is 27.3. The van der Waals surface area contributed by atoms with Gasteiger partial charge < -0.3 is 4.74 Å². The number of para-hydroxylation sites is 1. The van der Waals surface area contributed by atoms with Crippen molar-refractivity contribution < 1.29 is 13.2 Å². The Balaban J connectivity index is 2.46. The molecule has 0 amide bonds. The molecule has 1 rings (SSSR count). The maximum atomic E-state index is 10.9. The Morgan fingerprint density at radius 3 is 2.44 bits per heavy atom. The van der Waals surface area contributed by atoms with E-state index in [0.29, 0.717) is 6.61 Å². The van der Waals surface area contributed by atoms with E-state index in [1.165, 1.54) is 0 Å². The first-order chi connectivity index (χ1) is 7.51. The quantitative estimate of drug-likeness (QED) is 0.741. The zero-order valence-electron chi connectivity index (χ0n) is 9.10. The monoisotopic (exact) mass is 262 g/mol. The van der Waals surface area contributed by atoms with Crippen LogP contribution in [0.1, 0.15) is 13.3 Å². The first-order valence-electron chi connectivity index (χ1n) is 5.11. The Morgan fingerprint density at radius 2 is 1.94 bits per heavy atom. The fraction of sp³-hybridized carbons (Fsp3) is 0.455. The van der Waals surface area contributed by atoms with E-state index in [9.17, 15) is 8.42 Å². The summed E-state index contributed by atoms with van der Waals surface area (Å²) in [4.78, 5) is 0. The summed E-state index contributed by atoms with van der Waals surface area (Å²) in [5.41, 5.74) is 0. The smallest absolute Gasteiger partial charge is 0.232 e. The third-order valence-electron chi connectivity index (χ3n) is 2.24. The van der Waals surface area contributed by atoms with Crippen LogP contribution >= 0.6 is 10.7 Å². The molecule has 0 N–H and O–H groups in total. The van der Waals surface area contributed by atoms with Crippen molar-refractivity contribution >= 4 is 19.7 Å². The molecule has 0 spiro atoms. The molecular weight excluding hydrogens is 248 g/mol. The number of hydrogen-bond donors (Lipinski definition) is 0. The molecule has 0 aliphatic carbocycles. The lowest BCUT2D eigenvalue weighted by molar-refractivity contribution is 0.258. The molecule has 3 nitrogen and oxygen atoms in total. The molecule has 1 aromatic carbocycles. The average Bonchev–Trinajstić information content (AvgIpc) is 2.24. The first kappa shape index (κ1) is 13.3. The Labute approximate surface area is 101 Å². The van der Waals surface area contributed by atoms with Crippen molar-refractivity contribution in [2.24, 2.45) is 5.92 Å². The Hall–Kier alpha value is -0.740. The molecule has 1 unspecified atom stereocenters. The van der Waals surface area contributed by atoms with Crippen molar-refractivity contribution in [3.8, 4) is 5.75 Å². The number of benzene rings is 1. The van der Waals surface area contributed by atoms with E-state index in [0.717, 1.165) is 12.2 Å². The predicted molar refractivity (Wildman–Crippen MR) is 65.4 cm³/mol. The Morgan fingerprint density at radius 1 is 1.31 bits per heavy atom. The zero-order valence-corrected chi connectivity index (χ0v) is 10.7. The van der Waals surface area contributed by atoms with Gasteiger partial charge in [-0.05, 0) is 18.6 Å². The topological polar surface area (TPSA) is 43.4 Å². The molecule has 1 atom stereocenters. The van der Waals surface area contributed by atoms with Crippen molar-refractivity contribution in [3.05, 3.63) is 30.3 Å². The van der Waals surface area contributed by atoms with Gasteiger partial charge in [0.05, 0.1) is 12.4 Å². The van der Waals surface area contributed by atoms with E-state index in [1.54, 1.807) is 0 Å². The predicted octanol–water partition coefficient (Wildman–Crippen LogP) is 2.66. The number of halogens is 1.